The minimum Gasteiger partial charge on any atom is -0.493 e. The molecule has 0 aliphatic heterocycles. The summed E-state index contributed by atoms with van der Waals surface area (Å²) in [5.41, 5.74) is 1.30. The molecule has 0 spiro atoms. The van der Waals surface area contributed by atoms with Crippen molar-refractivity contribution in [3.63, 3.8) is 0 Å². The summed E-state index contributed by atoms with van der Waals surface area (Å²) in [6.07, 6.45) is 6.48. The third-order valence-corrected chi connectivity index (χ3v) is 4.11. The zero-order valence-electron chi connectivity index (χ0n) is 13.2. The molecule has 1 aliphatic carbocycles. The van der Waals surface area contributed by atoms with Crippen molar-refractivity contribution in [2.45, 2.75) is 64.3 Å². The Balaban J connectivity index is 1.67. The second-order valence-corrected chi connectivity index (χ2v) is 6.22. The van der Waals surface area contributed by atoms with Gasteiger partial charge in [0.1, 0.15) is 5.75 Å². The highest BCUT2D eigenvalue weighted by Crippen LogP contribution is 2.19. The van der Waals surface area contributed by atoms with Crippen LogP contribution in [-0.2, 0) is 4.79 Å². The van der Waals surface area contributed by atoms with E-state index in [4.69, 9.17) is 4.74 Å². The highest BCUT2D eigenvalue weighted by atomic mass is 16.5. The molecule has 3 nitrogen and oxygen atoms in total. The number of carbonyl (C=O) groups excluding carboxylic acids is 1. The largest absolute Gasteiger partial charge is 0.493 e. The first-order valence-corrected chi connectivity index (χ1v) is 8.17. The summed E-state index contributed by atoms with van der Waals surface area (Å²) >= 11 is 0. The summed E-state index contributed by atoms with van der Waals surface area (Å²) in [4.78, 5) is 11.9. The van der Waals surface area contributed by atoms with Gasteiger partial charge in [-0.1, -0.05) is 45.2 Å². The summed E-state index contributed by atoms with van der Waals surface area (Å²) < 4.78 is 5.64. The topological polar surface area (TPSA) is 38.3 Å². The number of ether oxygens (including phenoxy) is 1. The Morgan fingerprint density at radius 1 is 1.19 bits per heavy atom. The molecule has 1 amide bonds. The number of benzene rings is 1. The first-order chi connectivity index (χ1) is 10.1. The number of amides is 1. The van der Waals surface area contributed by atoms with Gasteiger partial charge in [-0.25, -0.2) is 0 Å². The van der Waals surface area contributed by atoms with E-state index in [1.54, 1.807) is 0 Å². The average Bonchev–Trinajstić information content (AvgIpc) is 2.49. The van der Waals surface area contributed by atoms with Gasteiger partial charge in [0.2, 0.25) is 5.91 Å². The van der Waals surface area contributed by atoms with Crippen molar-refractivity contribution in [1.82, 2.24) is 5.32 Å². The first-order valence-electron chi connectivity index (χ1n) is 8.17. The lowest BCUT2D eigenvalue weighted by Gasteiger charge is -2.22. The molecule has 116 valence electrons. The Bertz CT molecular complexity index is 433. The third-order valence-electron chi connectivity index (χ3n) is 4.11. The average molecular weight is 289 g/mol. The predicted molar refractivity (Wildman–Crippen MR) is 85.7 cm³/mol. The van der Waals surface area contributed by atoms with Gasteiger partial charge >= 0.3 is 0 Å². The van der Waals surface area contributed by atoms with Crippen LogP contribution in [-0.4, -0.2) is 18.6 Å². The summed E-state index contributed by atoms with van der Waals surface area (Å²) in [6, 6.07) is 8.52. The maximum Gasteiger partial charge on any atom is 0.223 e. The molecule has 1 aliphatic rings. The Labute approximate surface area is 128 Å². The minimum atomic E-state index is 0.112. The zero-order chi connectivity index (χ0) is 15.1. The lowest BCUT2D eigenvalue weighted by molar-refractivity contribution is -0.122. The molecule has 0 atom stereocenters. The summed E-state index contributed by atoms with van der Waals surface area (Å²) in [5.74, 6) is 1.48. The van der Waals surface area contributed by atoms with E-state index >= 15 is 0 Å². The Kier molecular flexibility index (Phi) is 6.09. The van der Waals surface area contributed by atoms with Gasteiger partial charge in [-0.2, -0.15) is 0 Å². The molecule has 0 bridgehead atoms. The van der Waals surface area contributed by atoms with E-state index in [2.05, 4.69) is 31.3 Å². The van der Waals surface area contributed by atoms with Gasteiger partial charge in [-0.05, 0) is 36.5 Å². The van der Waals surface area contributed by atoms with E-state index in [1.807, 2.05) is 12.1 Å². The fraction of sp³-hybridized carbons (Fsp3) is 0.611. The van der Waals surface area contributed by atoms with Gasteiger partial charge < -0.3 is 10.1 Å². The number of rotatable bonds is 6. The fourth-order valence-electron chi connectivity index (χ4n) is 2.76. The molecule has 1 aromatic rings. The molecule has 1 N–H and O–H groups in total. The predicted octanol–water partition coefficient (Wildman–Crippen LogP) is 4.03. The van der Waals surface area contributed by atoms with Crippen LogP contribution in [0, 0.1) is 0 Å². The molecule has 1 aromatic carbocycles. The van der Waals surface area contributed by atoms with Crippen molar-refractivity contribution < 1.29 is 9.53 Å². The van der Waals surface area contributed by atoms with E-state index in [9.17, 15) is 4.79 Å². The lowest BCUT2D eigenvalue weighted by Crippen LogP contribution is -2.36. The Morgan fingerprint density at radius 3 is 2.48 bits per heavy atom. The van der Waals surface area contributed by atoms with E-state index in [1.165, 1.54) is 24.8 Å². The van der Waals surface area contributed by atoms with E-state index < -0.39 is 0 Å². The van der Waals surface area contributed by atoms with Gasteiger partial charge in [0, 0.05) is 6.04 Å². The molecule has 21 heavy (non-hydrogen) atoms. The second kappa shape index (κ2) is 8.06. The molecule has 0 aromatic heterocycles. The van der Waals surface area contributed by atoms with Crippen LogP contribution in [0.4, 0.5) is 0 Å². The van der Waals surface area contributed by atoms with Crippen LogP contribution in [0.25, 0.3) is 0 Å². The van der Waals surface area contributed by atoms with Crippen molar-refractivity contribution in [2.24, 2.45) is 0 Å². The zero-order valence-corrected chi connectivity index (χ0v) is 13.2. The SMILES string of the molecule is CC(C)c1ccc(OCCC(=O)NC2CCCCC2)cc1. The van der Waals surface area contributed by atoms with Crippen LogP contribution in [0.5, 0.6) is 5.75 Å². The van der Waals surface area contributed by atoms with Crippen molar-refractivity contribution in [1.29, 1.82) is 0 Å². The van der Waals surface area contributed by atoms with Crippen LogP contribution in [0.2, 0.25) is 0 Å². The molecular weight excluding hydrogens is 262 g/mol. The molecule has 1 saturated carbocycles. The van der Waals surface area contributed by atoms with Crippen molar-refractivity contribution in [2.75, 3.05) is 6.61 Å². The highest BCUT2D eigenvalue weighted by Gasteiger charge is 2.15. The van der Waals surface area contributed by atoms with Crippen molar-refractivity contribution in [3.8, 4) is 5.75 Å². The molecule has 0 radical (unpaired) electrons. The second-order valence-electron chi connectivity index (χ2n) is 6.22. The number of hydrogen-bond acceptors (Lipinski definition) is 2. The van der Waals surface area contributed by atoms with Crippen LogP contribution in [0.15, 0.2) is 24.3 Å². The number of nitrogens with one attached hydrogen (secondary N) is 1. The molecule has 0 saturated heterocycles. The summed E-state index contributed by atoms with van der Waals surface area (Å²) in [5, 5.41) is 3.11. The number of carbonyl (C=O) groups is 1. The maximum absolute atomic E-state index is 11.9. The lowest BCUT2D eigenvalue weighted by atomic mass is 9.95. The summed E-state index contributed by atoms with van der Waals surface area (Å²) in [6.45, 7) is 4.79. The van der Waals surface area contributed by atoms with Crippen LogP contribution < -0.4 is 10.1 Å². The molecule has 0 heterocycles. The third kappa shape index (κ3) is 5.41. The molecule has 0 unspecified atom stereocenters. The van der Waals surface area contributed by atoms with Gasteiger partial charge in [0.15, 0.2) is 0 Å². The maximum atomic E-state index is 11.9. The quantitative estimate of drug-likeness (QED) is 0.858. The van der Waals surface area contributed by atoms with Gasteiger partial charge in [-0.15, -0.1) is 0 Å². The minimum absolute atomic E-state index is 0.112. The van der Waals surface area contributed by atoms with E-state index in [-0.39, 0.29) is 5.91 Å². The van der Waals surface area contributed by atoms with Crippen LogP contribution in [0.1, 0.15) is 63.9 Å². The number of hydrogen-bond donors (Lipinski definition) is 1. The molecule has 1 fully saturated rings. The van der Waals surface area contributed by atoms with Gasteiger partial charge in [0.05, 0.1) is 13.0 Å². The fourth-order valence-corrected chi connectivity index (χ4v) is 2.76. The summed E-state index contributed by atoms with van der Waals surface area (Å²) in [7, 11) is 0. The molecule has 3 heteroatoms. The van der Waals surface area contributed by atoms with Crippen molar-refractivity contribution >= 4 is 5.91 Å². The molecular formula is C18H27NO2. The van der Waals surface area contributed by atoms with Crippen molar-refractivity contribution in [3.05, 3.63) is 29.8 Å². The first kappa shape index (κ1) is 15.9. The highest BCUT2D eigenvalue weighted by molar-refractivity contribution is 5.76. The van der Waals surface area contributed by atoms with Crippen LogP contribution in [0.3, 0.4) is 0 Å². The smallest absolute Gasteiger partial charge is 0.223 e. The Morgan fingerprint density at radius 2 is 1.86 bits per heavy atom. The normalized spacial score (nSPS) is 16.0. The van der Waals surface area contributed by atoms with E-state index in [0.29, 0.717) is 25.0 Å². The monoisotopic (exact) mass is 289 g/mol. The standard InChI is InChI=1S/C18H27NO2/c1-14(2)15-8-10-17(11-9-15)21-13-12-18(20)19-16-6-4-3-5-7-16/h8-11,14,16H,3-7,12-13H2,1-2H3,(H,19,20). The molecule has 2 rings (SSSR count). The van der Waals surface area contributed by atoms with Gasteiger partial charge in [0.25, 0.3) is 0 Å². The van der Waals surface area contributed by atoms with E-state index in [0.717, 1.165) is 18.6 Å². The van der Waals surface area contributed by atoms with Gasteiger partial charge in [-0.3, -0.25) is 4.79 Å². The Hall–Kier alpha value is -1.51. The van der Waals surface area contributed by atoms with Crippen LogP contribution >= 0.6 is 0 Å².